The van der Waals surface area contributed by atoms with Crippen LogP contribution in [-0.2, 0) is 6.61 Å². The van der Waals surface area contributed by atoms with Gasteiger partial charge in [-0.2, -0.15) is 5.26 Å². The van der Waals surface area contributed by atoms with Gasteiger partial charge in [0.25, 0.3) is 0 Å². The van der Waals surface area contributed by atoms with Crippen LogP contribution < -0.4 is 10.5 Å². The van der Waals surface area contributed by atoms with Crippen LogP contribution in [0.25, 0.3) is 0 Å². The molecule has 0 bridgehead atoms. The van der Waals surface area contributed by atoms with Gasteiger partial charge in [0, 0.05) is 11.8 Å². The molecule has 1 aromatic carbocycles. The minimum Gasteiger partial charge on any atom is -0.489 e. The van der Waals surface area contributed by atoms with Crippen molar-refractivity contribution in [3.63, 3.8) is 0 Å². The van der Waals surface area contributed by atoms with Crippen molar-refractivity contribution < 1.29 is 4.74 Å². The molecule has 1 aromatic heterocycles. The summed E-state index contributed by atoms with van der Waals surface area (Å²) in [5, 5.41) is 8.79. The monoisotopic (exact) mass is 263 g/mol. The molecule has 0 aliphatic rings. The number of nitrogens with two attached hydrogens (primary N) is 1. The summed E-state index contributed by atoms with van der Waals surface area (Å²) in [6.07, 6.45) is 1.60. The Bertz CT molecular complexity index is 693. The lowest BCUT2D eigenvalue weighted by atomic mass is 10.2. The smallest absolute Gasteiger partial charge is 0.140 e. The first-order chi connectivity index (χ1) is 9.81. The predicted molar refractivity (Wildman–Crippen MR) is 75.7 cm³/mol. The summed E-state index contributed by atoms with van der Waals surface area (Å²) >= 11 is 0. The van der Waals surface area contributed by atoms with E-state index in [0.717, 1.165) is 16.9 Å². The van der Waals surface area contributed by atoms with E-state index in [4.69, 9.17) is 15.7 Å². The highest BCUT2D eigenvalue weighted by Gasteiger charge is 1.99. The Morgan fingerprint density at radius 3 is 2.95 bits per heavy atom. The number of hydrogen-bond donors (Lipinski definition) is 1. The lowest BCUT2D eigenvalue weighted by Crippen LogP contribution is -1.97. The molecule has 0 fully saturated rings. The second-order valence-electron chi connectivity index (χ2n) is 3.98. The summed E-state index contributed by atoms with van der Waals surface area (Å²) in [5.41, 5.74) is 7.48. The van der Waals surface area contributed by atoms with Gasteiger partial charge < -0.3 is 10.5 Å². The molecule has 0 aliphatic carbocycles. The third kappa shape index (κ3) is 3.84. The molecule has 2 aromatic rings. The average molecular weight is 263 g/mol. The first kappa shape index (κ1) is 13.6. The van der Waals surface area contributed by atoms with Gasteiger partial charge in [-0.3, -0.25) is 0 Å². The van der Waals surface area contributed by atoms with E-state index in [9.17, 15) is 0 Å². The number of nitriles is 1. The second kappa shape index (κ2) is 6.94. The Morgan fingerprint density at radius 1 is 1.25 bits per heavy atom. The zero-order valence-corrected chi connectivity index (χ0v) is 10.8. The molecule has 4 nitrogen and oxygen atoms in total. The van der Waals surface area contributed by atoms with Crippen LogP contribution in [0.3, 0.4) is 0 Å². The fourth-order valence-corrected chi connectivity index (χ4v) is 1.61. The quantitative estimate of drug-likeness (QED) is 0.858. The molecule has 0 saturated carbocycles. The largest absolute Gasteiger partial charge is 0.489 e. The number of hydrogen-bond acceptors (Lipinski definition) is 4. The number of rotatable bonds is 3. The number of benzene rings is 1. The van der Waals surface area contributed by atoms with E-state index >= 15 is 0 Å². The maximum atomic E-state index is 8.79. The van der Waals surface area contributed by atoms with Crippen LogP contribution in [0.2, 0.25) is 0 Å². The van der Waals surface area contributed by atoms with Gasteiger partial charge in [0.1, 0.15) is 24.1 Å². The second-order valence-corrected chi connectivity index (χ2v) is 3.98. The third-order valence-corrected chi connectivity index (χ3v) is 2.51. The molecular formula is C16H13N3O. The molecule has 1 heterocycles. The van der Waals surface area contributed by atoms with Crippen LogP contribution in [0, 0.1) is 23.2 Å². The molecule has 0 saturated heterocycles. The minimum absolute atomic E-state index is 0.332. The third-order valence-electron chi connectivity index (χ3n) is 2.51. The van der Waals surface area contributed by atoms with Crippen LogP contribution in [-0.4, -0.2) is 11.5 Å². The number of aromatic nitrogens is 1. The topological polar surface area (TPSA) is 71.9 Å². The first-order valence-electron chi connectivity index (χ1n) is 6.08. The van der Waals surface area contributed by atoms with Crippen LogP contribution in [0.15, 0.2) is 42.6 Å². The minimum atomic E-state index is 0.332. The summed E-state index contributed by atoms with van der Waals surface area (Å²) < 4.78 is 5.68. The fraction of sp³-hybridized carbons (Fsp3) is 0.125. The van der Waals surface area contributed by atoms with Crippen molar-refractivity contribution in [2.24, 2.45) is 5.73 Å². The van der Waals surface area contributed by atoms with Crippen molar-refractivity contribution in [3.05, 3.63) is 59.4 Å². The van der Waals surface area contributed by atoms with Gasteiger partial charge in [-0.25, -0.2) is 4.98 Å². The summed E-state index contributed by atoms with van der Waals surface area (Å²) in [6.45, 7) is 0.712. The van der Waals surface area contributed by atoms with Crippen molar-refractivity contribution in [1.82, 2.24) is 4.98 Å². The van der Waals surface area contributed by atoms with Crippen molar-refractivity contribution in [2.75, 3.05) is 6.54 Å². The van der Waals surface area contributed by atoms with Crippen molar-refractivity contribution in [3.8, 4) is 23.7 Å². The lowest BCUT2D eigenvalue weighted by molar-refractivity contribution is 0.306. The number of nitrogens with zero attached hydrogens (tertiary/aromatic N) is 2. The SMILES string of the molecule is N#Cc1cc(COc2cccc(C#CCN)c2)ccn1. The van der Waals surface area contributed by atoms with Gasteiger partial charge in [0.15, 0.2) is 0 Å². The summed E-state index contributed by atoms with van der Waals surface area (Å²) in [6, 6.07) is 13.0. The van der Waals surface area contributed by atoms with E-state index < -0.39 is 0 Å². The van der Waals surface area contributed by atoms with Crippen molar-refractivity contribution in [1.29, 1.82) is 5.26 Å². The van der Waals surface area contributed by atoms with Crippen molar-refractivity contribution in [2.45, 2.75) is 6.61 Å². The van der Waals surface area contributed by atoms with Gasteiger partial charge in [0.2, 0.25) is 0 Å². The number of pyridine rings is 1. The van der Waals surface area contributed by atoms with Crippen LogP contribution in [0.4, 0.5) is 0 Å². The van der Waals surface area contributed by atoms with Crippen LogP contribution >= 0.6 is 0 Å². The maximum Gasteiger partial charge on any atom is 0.140 e. The van der Waals surface area contributed by atoms with Crippen LogP contribution in [0.5, 0.6) is 5.75 Å². The molecule has 2 rings (SSSR count). The molecule has 20 heavy (non-hydrogen) atoms. The lowest BCUT2D eigenvalue weighted by Gasteiger charge is -2.06. The van der Waals surface area contributed by atoms with Gasteiger partial charge in [-0.15, -0.1) is 0 Å². The molecule has 0 spiro atoms. The van der Waals surface area contributed by atoms with E-state index in [-0.39, 0.29) is 0 Å². The van der Waals surface area contributed by atoms with Gasteiger partial charge in [0.05, 0.1) is 6.54 Å². The van der Waals surface area contributed by atoms with Crippen LogP contribution in [0.1, 0.15) is 16.8 Å². The highest BCUT2D eigenvalue weighted by atomic mass is 16.5. The van der Waals surface area contributed by atoms with E-state index in [1.807, 2.05) is 36.4 Å². The Balaban J connectivity index is 2.05. The standard InChI is InChI=1S/C16H13N3O/c17-7-2-4-13-3-1-5-16(10-13)20-12-14-6-8-19-15(9-14)11-18/h1,3,5-6,8-10H,7,12,17H2. The molecule has 0 aliphatic heterocycles. The Morgan fingerprint density at radius 2 is 2.15 bits per heavy atom. The van der Waals surface area contributed by atoms with Gasteiger partial charge in [-0.1, -0.05) is 17.9 Å². The molecule has 0 amide bonds. The zero-order valence-electron chi connectivity index (χ0n) is 10.8. The summed E-state index contributed by atoms with van der Waals surface area (Å²) in [5.74, 6) is 6.48. The summed E-state index contributed by atoms with van der Waals surface area (Å²) in [4.78, 5) is 3.91. The molecule has 0 radical (unpaired) electrons. The van der Waals surface area contributed by atoms with Gasteiger partial charge >= 0.3 is 0 Å². The van der Waals surface area contributed by atoms with Crippen molar-refractivity contribution >= 4 is 0 Å². The van der Waals surface area contributed by atoms with Gasteiger partial charge in [-0.05, 0) is 35.9 Å². The molecular weight excluding hydrogens is 250 g/mol. The highest BCUT2D eigenvalue weighted by Crippen LogP contribution is 2.14. The van der Waals surface area contributed by atoms with E-state index in [2.05, 4.69) is 16.8 Å². The van der Waals surface area contributed by atoms with E-state index in [1.54, 1.807) is 12.3 Å². The normalized spacial score (nSPS) is 9.20. The predicted octanol–water partition coefficient (Wildman–Crippen LogP) is 1.84. The first-order valence-corrected chi connectivity index (χ1v) is 6.08. The highest BCUT2D eigenvalue weighted by molar-refractivity contribution is 5.40. The molecule has 0 atom stereocenters. The molecule has 0 unspecified atom stereocenters. The maximum absolute atomic E-state index is 8.79. The Labute approximate surface area is 117 Å². The average Bonchev–Trinajstić information content (AvgIpc) is 2.51. The van der Waals surface area contributed by atoms with E-state index in [1.165, 1.54) is 0 Å². The Kier molecular flexibility index (Phi) is 4.72. The molecule has 2 N–H and O–H groups in total. The fourth-order valence-electron chi connectivity index (χ4n) is 1.61. The van der Waals surface area contributed by atoms with E-state index in [0.29, 0.717) is 18.8 Å². The molecule has 4 heteroatoms. The number of ether oxygens (including phenoxy) is 1. The Hall–Kier alpha value is -2.82. The molecule has 98 valence electrons. The summed E-state index contributed by atoms with van der Waals surface area (Å²) in [7, 11) is 0. The zero-order chi connectivity index (χ0) is 14.2.